The summed E-state index contributed by atoms with van der Waals surface area (Å²) < 4.78 is 7.74. The van der Waals surface area contributed by atoms with E-state index in [9.17, 15) is 9.59 Å². The maximum atomic E-state index is 12.5. The number of hydrogen-bond donors (Lipinski definition) is 0. The van der Waals surface area contributed by atoms with Gasteiger partial charge in [0.25, 0.3) is 0 Å². The van der Waals surface area contributed by atoms with E-state index in [1.807, 2.05) is 11.1 Å². The number of pyridine rings is 1. The summed E-state index contributed by atoms with van der Waals surface area (Å²) in [5.74, 6) is 0.0495. The number of carbonyl (C=O) groups excluding carboxylic acids is 2. The number of ether oxygens (including phenoxy) is 1. The van der Waals surface area contributed by atoms with Gasteiger partial charge in [-0.3, -0.25) is 14.6 Å². The lowest BCUT2D eigenvalue weighted by Crippen LogP contribution is -2.50. The summed E-state index contributed by atoms with van der Waals surface area (Å²) in [6.07, 6.45) is 5.50. The van der Waals surface area contributed by atoms with Gasteiger partial charge in [-0.15, -0.1) is 0 Å². The first-order valence-corrected chi connectivity index (χ1v) is 10.4. The summed E-state index contributed by atoms with van der Waals surface area (Å²) >= 11 is 0. The number of rotatable bonds is 3. The molecule has 0 aliphatic carbocycles. The number of amides is 2. The highest BCUT2D eigenvalue weighted by Crippen LogP contribution is 2.32. The summed E-state index contributed by atoms with van der Waals surface area (Å²) in [5.41, 5.74) is 3.38. The van der Waals surface area contributed by atoms with Crippen LogP contribution in [0.1, 0.15) is 31.0 Å². The molecule has 5 heterocycles. The van der Waals surface area contributed by atoms with Gasteiger partial charge < -0.3 is 14.0 Å². The van der Waals surface area contributed by atoms with Crippen LogP contribution in [0.5, 0.6) is 0 Å². The molecule has 2 aromatic rings. The van der Waals surface area contributed by atoms with Crippen molar-refractivity contribution in [3.63, 3.8) is 0 Å². The highest BCUT2D eigenvalue weighted by atomic mass is 16.6. The van der Waals surface area contributed by atoms with E-state index in [1.165, 1.54) is 11.3 Å². The molecule has 8 heteroatoms. The predicted molar refractivity (Wildman–Crippen MR) is 106 cm³/mol. The molecule has 0 aromatic carbocycles. The maximum Gasteiger partial charge on any atom is 0.410 e. The third kappa shape index (κ3) is 3.15. The molecule has 0 spiro atoms. The lowest BCUT2D eigenvalue weighted by Gasteiger charge is -2.37. The molecule has 2 aromatic heterocycles. The van der Waals surface area contributed by atoms with Gasteiger partial charge in [-0.2, -0.15) is 0 Å². The number of fused-ring (bicyclic) bond motifs is 2. The summed E-state index contributed by atoms with van der Waals surface area (Å²) in [4.78, 5) is 34.9. The zero-order chi connectivity index (χ0) is 20.1. The lowest BCUT2D eigenvalue weighted by molar-refractivity contribution is -0.128. The van der Waals surface area contributed by atoms with E-state index in [-0.39, 0.29) is 30.2 Å². The van der Waals surface area contributed by atoms with E-state index in [2.05, 4.69) is 39.5 Å². The second kappa shape index (κ2) is 7.02. The minimum Gasteiger partial charge on any atom is -0.442 e. The fourth-order valence-corrected chi connectivity index (χ4v) is 5.05. The topological polar surface area (TPSA) is 70.4 Å². The number of hydrogen-bond acceptors (Lipinski definition) is 5. The van der Waals surface area contributed by atoms with Gasteiger partial charge >= 0.3 is 6.09 Å². The van der Waals surface area contributed by atoms with Crippen LogP contribution in [0, 0.1) is 6.92 Å². The number of carbonyl (C=O) groups is 2. The number of aromatic nitrogens is 2. The second-order valence-corrected chi connectivity index (χ2v) is 8.46. The zero-order valence-electron chi connectivity index (χ0n) is 17.0. The molecule has 3 saturated heterocycles. The molecule has 0 bridgehead atoms. The largest absolute Gasteiger partial charge is 0.442 e. The number of imidazole rings is 1. The minimum atomic E-state index is -0.209. The standard InChI is InChI=1S/C21H27N5O3/c1-14-4-3-7-25-17(10-22-20(14)25)11-23-8-5-16(6-9-23)26-18-12-24(15(2)27)13-19(18)29-21(26)28/h3-4,7,10,16,18-19H,5-6,8-9,11-13H2,1-2H3/t18-,19+/m1/s1. The van der Waals surface area contributed by atoms with Crippen molar-refractivity contribution in [1.29, 1.82) is 0 Å². The Morgan fingerprint density at radius 3 is 2.83 bits per heavy atom. The van der Waals surface area contributed by atoms with Crippen LogP contribution in [-0.2, 0) is 16.1 Å². The van der Waals surface area contributed by atoms with Crippen molar-refractivity contribution < 1.29 is 14.3 Å². The van der Waals surface area contributed by atoms with Crippen molar-refractivity contribution in [2.45, 2.75) is 51.4 Å². The molecule has 0 radical (unpaired) electrons. The Hall–Kier alpha value is -2.61. The monoisotopic (exact) mass is 397 g/mol. The summed E-state index contributed by atoms with van der Waals surface area (Å²) in [7, 11) is 0. The van der Waals surface area contributed by atoms with E-state index in [0.717, 1.165) is 38.1 Å². The van der Waals surface area contributed by atoms with Crippen LogP contribution in [0.4, 0.5) is 4.79 Å². The fourth-order valence-electron chi connectivity index (χ4n) is 5.05. The van der Waals surface area contributed by atoms with Gasteiger partial charge in [0.1, 0.15) is 11.8 Å². The van der Waals surface area contributed by atoms with E-state index in [0.29, 0.717) is 13.1 Å². The highest BCUT2D eigenvalue weighted by Gasteiger charge is 2.50. The quantitative estimate of drug-likeness (QED) is 0.788. The van der Waals surface area contributed by atoms with Crippen LogP contribution in [-0.4, -0.2) is 80.5 Å². The van der Waals surface area contributed by atoms with Gasteiger partial charge in [-0.25, -0.2) is 9.78 Å². The molecule has 3 aliphatic heterocycles. The van der Waals surface area contributed by atoms with Gasteiger partial charge in [0.05, 0.1) is 24.5 Å². The van der Waals surface area contributed by atoms with Crippen molar-refractivity contribution in [1.82, 2.24) is 24.1 Å². The van der Waals surface area contributed by atoms with Gasteiger partial charge in [-0.05, 0) is 31.4 Å². The van der Waals surface area contributed by atoms with Gasteiger partial charge in [0.2, 0.25) is 5.91 Å². The first-order chi connectivity index (χ1) is 14.0. The van der Waals surface area contributed by atoms with Gasteiger partial charge in [0.15, 0.2) is 0 Å². The molecular formula is C21H27N5O3. The Bertz CT molecular complexity index is 949. The lowest BCUT2D eigenvalue weighted by atomic mass is 10.0. The molecule has 5 rings (SSSR count). The van der Waals surface area contributed by atoms with E-state index >= 15 is 0 Å². The zero-order valence-corrected chi connectivity index (χ0v) is 17.0. The SMILES string of the molecule is CC(=O)N1C[C@@H]2OC(=O)N(C3CCN(Cc4cnc5c(C)cccn45)CC3)[C@@H]2C1. The molecule has 3 aliphatic rings. The molecule has 2 atom stereocenters. The smallest absolute Gasteiger partial charge is 0.410 e. The van der Waals surface area contributed by atoms with Crippen LogP contribution >= 0.6 is 0 Å². The normalized spacial score (nSPS) is 25.7. The van der Waals surface area contributed by atoms with Gasteiger partial charge in [-0.1, -0.05) is 6.07 Å². The fraction of sp³-hybridized carbons (Fsp3) is 0.571. The molecular weight excluding hydrogens is 370 g/mol. The van der Waals surface area contributed by atoms with E-state index in [1.54, 1.807) is 11.8 Å². The Labute approximate surface area is 170 Å². The highest BCUT2D eigenvalue weighted by molar-refractivity contribution is 5.76. The van der Waals surface area contributed by atoms with Crippen LogP contribution in [0.2, 0.25) is 0 Å². The van der Waals surface area contributed by atoms with Crippen molar-refractivity contribution in [2.75, 3.05) is 26.2 Å². The van der Waals surface area contributed by atoms with Crippen LogP contribution < -0.4 is 0 Å². The Morgan fingerprint density at radius 1 is 1.28 bits per heavy atom. The van der Waals surface area contributed by atoms with E-state index in [4.69, 9.17) is 4.74 Å². The molecule has 0 N–H and O–H groups in total. The maximum absolute atomic E-state index is 12.5. The summed E-state index contributed by atoms with van der Waals surface area (Å²) in [6.45, 7) is 7.49. The molecule has 2 amide bonds. The number of aryl methyl sites for hydroxylation is 1. The first kappa shape index (κ1) is 18.4. The Morgan fingerprint density at radius 2 is 2.07 bits per heavy atom. The van der Waals surface area contributed by atoms with Crippen LogP contribution in [0.25, 0.3) is 5.65 Å². The first-order valence-electron chi connectivity index (χ1n) is 10.4. The third-order valence-electron chi connectivity index (χ3n) is 6.65. The molecule has 0 saturated carbocycles. The van der Waals surface area contributed by atoms with Crippen molar-refractivity contribution in [2.24, 2.45) is 0 Å². The average molecular weight is 397 g/mol. The molecule has 3 fully saturated rings. The number of piperidine rings is 1. The molecule has 29 heavy (non-hydrogen) atoms. The number of likely N-dealkylation sites (tertiary alicyclic amines) is 2. The van der Waals surface area contributed by atoms with Crippen LogP contribution in [0.15, 0.2) is 24.5 Å². The van der Waals surface area contributed by atoms with Crippen molar-refractivity contribution in [3.8, 4) is 0 Å². The number of nitrogens with zero attached hydrogens (tertiary/aromatic N) is 5. The average Bonchev–Trinajstić information content (AvgIpc) is 3.36. The van der Waals surface area contributed by atoms with Gasteiger partial charge in [0, 0.05) is 45.3 Å². The summed E-state index contributed by atoms with van der Waals surface area (Å²) in [6, 6.07) is 4.33. The Balaban J connectivity index is 1.23. The van der Waals surface area contributed by atoms with E-state index < -0.39 is 0 Å². The second-order valence-electron chi connectivity index (χ2n) is 8.46. The predicted octanol–water partition coefficient (Wildman–Crippen LogP) is 1.66. The van der Waals surface area contributed by atoms with Crippen molar-refractivity contribution >= 4 is 17.6 Å². The van der Waals surface area contributed by atoms with Crippen molar-refractivity contribution in [3.05, 3.63) is 35.8 Å². The third-order valence-corrected chi connectivity index (χ3v) is 6.65. The minimum absolute atomic E-state index is 0.00435. The molecule has 8 nitrogen and oxygen atoms in total. The Kier molecular flexibility index (Phi) is 4.46. The molecule has 154 valence electrons. The summed E-state index contributed by atoms with van der Waals surface area (Å²) in [5, 5.41) is 0. The molecule has 0 unspecified atom stereocenters. The van der Waals surface area contributed by atoms with Crippen LogP contribution in [0.3, 0.4) is 0 Å².